The van der Waals surface area contributed by atoms with Crippen LogP contribution in [0.3, 0.4) is 0 Å². The van der Waals surface area contributed by atoms with Crippen LogP contribution < -0.4 is 0 Å². The van der Waals surface area contributed by atoms with E-state index in [1.165, 1.54) is 66.3 Å². The van der Waals surface area contributed by atoms with Crippen molar-refractivity contribution in [2.75, 3.05) is 0 Å². The number of para-hydroxylation sites is 3. The Morgan fingerprint density at radius 1 is 0.286 bits per heavy atom. The van der Waals surface area contributed by atoms with Gasteiger partial charge in [-0.1, -0.05) is 158 Å². The van der Waals surface area contributed by atoms with Crippen molar-refractivity contribution in [2.45, 2.75) is 0 Å². The first-order chi connectivity index (χ1) is 27.7. The van der Waals surface area contributed by atoms with Crippen LogP contribution in [0.15, 0.2) is 217 Å². The Balaban J connectivity index is 0.958. The molecule has 11 aromatic rings. The van der Waals surface area contributed by atoms with Crippen molar-refractivity contribution in [2.24, 2.45) is 0 Å². The lowest BCUT2D eigenvalue weighted by atomic mass is 9.93. The lowest BCUT2D eigenvalue weighted by molar-refractivity contribution is 0.670. The van der Waals surface area contributed by atoms with Crippen molar-refractivity contribution in [1.82, 2.24) is 4.57 Å². The van der Waals surface area contributed by atoms with Gasteiger partial charge in [-0.2, -0.15) is 0 Å². The van der Waals surface area contributed by atoms with E-state index in [-0.39, 0.29) is 0 Å². The van der Waals surface area contributed by atoms with Crippen LogP contribution in [-0.4, -0.2) is 4.57 Å². The summed E-state index contributed by atoms with van der Waals surface area (Å²) in [6.07, 6.45) is 0. The fraction of sp³-hybridized carbons (Fsp3) is 0. The van der Waals surface area contributed by atoms with Crippen LogP contribution >= 0.6 is 0 Å². The maximum atomic E-state index is 6.33. The first-order valence-corrected chi connectivity index (χ1v) is 19.2. The number of nitrogens with zero attached hydrogens (tertiary/aromatic N) is 1. The van der Waals surface area contributed by atoms with Crippen molar-refractivity contribution >= 4 is 43.7 Å². The summed E-state index contributed by atoms with van der Waals surface area (Å²) in [6.45, 7) is 0. The molecule has 0 fully saturated rings. The monoisotopic (exact) mass is 713 g/mol. The minimum absolute atomic E-state index is 0.918. The summed E-state index contributed by atoms with van der Waals surface area (Å²) < 4.78 is 8.73. The van der Waals surface area contributed by atoms with E-state index in [1.807, 2.05) is 12.1 Å². The van der Waals surface area contributed by atoms with Gasteiger partial charge in [-0.25, -0.2) is 0 Å². The summed E-state index contributed by atoms with van der Waals surface area (Å²) in [5, 5.41) is 4.78. The van der Waals surface area contributed by atoms with Gasteiger partial charge in [0.1, 0.15) is 11.2 Å². The second-order valence-corrected chi connectivity index (χ2v) is 14.5. The highest BCUT2D eigenvalue weighted by Crippen LogP contribution is 2.39. The molecule has 0 aliphatic rings. The van der Waals surface area contributed by atoms with Gasteiger partial charge in [0.2, 0.25) is 0 Å². The maximum Gasteiger partial charge on any atom is 0.143 e. The molecule has 9 aromatic carbocycles. The Hall–Kier alpha value is -7.42. The third-order valence-corrected chi connectivity index (χ3v) is 11.2. The number of rotatable bonds is 6. The molecule has 2 aromatic heterocycles. The Labute approximate surface area is 325 Å². The average Bonchev–Trinajstić information content (AvgIpc) is 3.83. The number of hydrogen-bond acceptors (Lipinski definition) is 1. The smallest absolute Gasteiger partial charge is 0.143 e. The van der Waals surface area contributed by atoms with Crippen LogP contribution in [0.25, 0.3) is 105 Å². The molecule has 56 heavy (non-hydrogen) atoms. The van der Waals surface area contributed by atoms with E-state index < -0.39 is 0 Å². The number of aromatic nitrogens is 1. The predicted octanol–water partition coefficient (Wildman–Crippen LogP) is 15.0. The molecule has 262 valence electrons. The summed E-state index contributed by atoms with van der Waals surface area (Å²) in [4.78, 5) is 0. The lowest BCUT2D eigenvalue weighted by Gasteiger charge is -2.12. The zero-order valence-electron chi connectivity index (χ0n) is 30.6. The van der Waals surface area contributed by atoms with Gasteiger partial charge in [-0.15, -0.1) is 0 Å². The van der Waals surface area contributed by atoms with Crippen molar-refractivity contribution < 1.29 is 4.42 Å². The average molecular weight is 714 g/mol. The first kappa shape index (κ1) is 32.0. The van der Waals surface area contributed by atoms with Gasteiger partial charge in [0, 0.05) is 32.8 Å². The fourth-order valence-corrected chi connectivity index (χ4v) is 8.44. The van der Waals surface area contributed by atoms with Crippen LogP contribution in [0.2, 0.25) is 0 Å². The molecule has 0 amide bonds. The van der Waals surface area contributed by atoms with Gasteiger partial charge in [0.25, 0.3) is 0 Å². The normalized spacial score (nSPS) is 11.6. The van der Waals surface area contributed by atoms with Crippen molar-refractivity contribution in [3.05, 3.63) is 212 Å². The number of hydrogen-bond donors (Lipinski definition) is 0. The van der Waals surface area contributed by atoms with Crippen LogP contribution in [0.1, 0.15) is 0 Å². The Morgan fingerprint density at radius 2 is 0.786 bits per heavy atom. The highest BCUT2D eigenvalue weighted by atomic mass is 16.3. The molecule has 0 saturated heterocycles. The Kier molecular flexibility index (Phi) is 7.53. The molecule has 0 unspecified atom stereocenters. The van der Waals surface area contributed by atoms with E-state index in [9.17, 15) is 0 Å². The zero-order valence-corrected chi connectivity index (χ0v) is 30.6. The second-order valence-electron chi connectivity index (χ2n) is 14.5. The van der Waals surface area contributed by atoms with Crippen LogP contribution in [0, 0.1) is 0 Å². The summed E-state index contributed by atoms with van der Waals surface area (Å²) in [5.41, 5.74) is 17.2. The van der Waals surface area contributed by atoms with Crippen molar-refractivity contribution in [1.29, 1.82) is 0 Å². The fourth-order valence-electron chi connectivity index (χ4n) is 8.44. The molecule has 0 radical (unpaired) electrons. The molecule has 0 N–H and O–H groups in total. The van der Waals surface area contributed by atoms with Crippen molar-refractivity contribution in [3.8, 4) is 61.3 Å². The van der Waals surface area contributed by atoms with Crippen LogP contribution in [0.5, 0.6) is 0 Å². The molecule has 0 aliphatic heterocycles. The Morgan fingerprint density at radius 3 is 1.48 bits per heavy atom. The number of fused-ring (bicyclic) bond motifs is 6. The molecular formula is C54H35NO. The van der Waals surface area contributed by atoms with E-state index in [2.05, 4.69) is 205 Å². The van der Waals surface area contributed by atoms with Crippen LogP contribution in [-0.2, 0) is 0 Å². The van der Waals surface area contributed by atoms with Gasteiger partial charge in [0.15, 0.2) is 0 Å². The molecule has 2 heterocycles. The molecule has 2 nitrogen and oxygen atoms in total. The zero-order chi connectivity index (χ0) is 37.0. The third kappa shape index (κ3) is 5.42. The SMILES string of the molecule is c1ccc(-c2cc(-c3ccccc3)cc(-c3ccc4c(c3)c3ccccc3n4-c3ccc(-c4ccc(-c5cccc6c5oc5ccccc56)cc4)cc3)c2)cc1. The van der Waals surface area contributed by atoms with Crippen LogP contribution in [0.4, 0.5) is 0 Å². The summed E-state index contributed by atoms with van der Waals surface area (Å²) in [6, 6.07) is 76.4. The summed E-state index contributed by atoms with van der Waals surface area (Å²) in [5.74, 6) is 0. The van der Waals surface area contributed by atoms with E-state index in [0.29, 0.717) is 0 Å². The minimum Gasteiger partial charge on any atom is -0.455 e. The minimum atomic E-state index is 0.918. The second kappa shape index (κ2) is 13.2. The molecule has 0 atom stereocenters. The topological polar surface area (TPSA) is 18.1 Å². The lowest BCUT2D eigenvalue weighted by Crippen LogP contribution is -1.94. The van der Waals surface area contributed by atoms with Gasteiger partial charge in [-0.3, -0.25) is 0 Å². The molecule has 2 heteroatoms. The van der Waals surface area contributed by atoms with Gasteiger partial charge in [-0.05, 0) is 105 Å². The maximum absolute atomic E-state index is 6.33. The molecular weight excluding hydrogens is 679 g/mol. The quantitative estimate of drug-likeness (QED) is 0.168. The number of furan rings is 1. The first-order valence-electron chi connectivity index (χ1n) is 19.2. The van der Waals surface area contributed by atoms with Crippen molar-refractivity contribution in [3.63, 3.8) is 0 Å². The molecule has 0 bridgehead atoms. The third-order valence-electron chi connectivity index (χ3n) is 11.2. The molecule has 0 spiro atoms. The van der Waals surface area contributed by atoms with E-state index in [1.54, 1.807) is 0 Å². The van der Waals surface area contributed by atoms with E-state index in [0.717, 1.165) is 38.8 Å². The Bertz CT molecular complexity index is 3150. The number of benzene rings is 9. The largest absolute Gasteiger partial charge is 0.455 e. The summed E-state index contributed by atoms with van der Waals surface area (Å²) >= 11 is 0. The van der Waals surface area contributed by atoms with Gasteiger partial charge >= 0.3 is 0 Å². The van der Waals surface area contributed by atoms with E-state index >= 15 is 0 Å². The predicted molar refractivity (Wildman–Crippen MR) is 235 cm³/mol. The van der Waals surface area contributed by atoms with E-state index in [4.69, 9.17) is 4.42 Å². The molecule has 0 aliphatic carbocycles. The highest BCUT2D eigenvalue weighted by Gasteiger charge is 2.16. The highest BCUT2D eigenvalue weighted by molar-refractivity contribution is 6.11. The van der Waals surface area contributed by atoms with Gasteiger partial charge in [0.05, 0.1) is 11.0 Å². The standard InChI is InChI=1S/C54H35NO/c1-3-12-36(13-4-1)42-32-43(37-14-5-2-6-15-37)34-44(33-42)41-28-31-52-50(35-41)47-16-7-9-20-51(47)55(52)45-29-26-39(27-30-45)38-22-24-40(25-23-38)46-18-11-19-49-48-17-8-10-21-53(48)56-54(46)49/h1-35H. The molecule has 11 rings (SSSR count). The van der Waals surface area contributed by atoms with Gasteiger partial charge < -0.3 is 8.98 Å². The summed E-state index contributed by atoms with van der Waals surface area (Å²) in [7, 11) is 0. The molecule has 0 saturated carbocycles.